The zero-order valence-electron chi connectivity index (χ0n) is 14.0. The van der Waals surface area contributed by atoms with Gasteiger partial charge in [-0.2, -0.15) is 0 Å². The monoisotopic (exact) mass is 284 g/mol. The second-order valence-electron chi connectivity index (χ2n) is 6.04. The Morgan fingerprint density at radius 3 is 2.05 bits per heavy atom. The molecule has 0 aliphatic heterocycles. The molecule has 0 saturated heterocycles. The molecule has 0 aromatic carbocycles. The normalized spacial score (nSPS) is 11.0. The average molecular weight is 284 g/mol. The molecule has 1 amide bonds. The van der Waals surface area contributed by atoms with Crippen LogP contribution in [0.4, 0.5) is 0 Å². The lowest BCUT2D eigenvalue weighted by Gasteiger charge is -2.08. The van der Waals surface area contributed by atoms with Gasteiger partial charge in [0.1, 0.15) is 0 Å². The molecule has 0 aliphatic rings. The summed E-state index contributed by atoms with van der Waals surface area (Å²) in [6.07, 6.45) is 12.1. The smallest absolute Gasteiger partial charge is 0.220 e. The van der Waals surface area contributed by atoms with Crippen LogP contribution in [0.15, 0.2) is 0 Å². The number of hydrogen-bond acceptors (Lipinski definition) is 2. The largest absolute Gasteiger partial charge is 0.356 e. The number of nitrogens with one attached hydrogen (secondary N) is 2. The maximum Gasteiger partial charge on any atom is 0.220 e. The number of carbonyl (C=O) groups is 1. The summed E-state index contributed by atoms with van der Waals surface area (Å²) in [7, 11) is 0. The highest BCUT2D eigenvalue weighted by molar-refractivity contribution is 5.75. The van der Waals surface area contributed by atoms with Gasteiger partial charge in [0.15, 0.2) is 0 Å². The summed E-state index contributed by atoms with van der Waals surface area (Å²) >= 11 is 0. The molecule has 0 spiro atoms. The van der Waals surface area contributed by atoms with Crippen LogP contribution in [-0.2, 0) is 4.79 Å². The first-order chi connectivity index (χ1) is 9.66. The first kappa shape index (κ1) is 19.4. The van der Waals surface area contributed by atoms with Gasteiger partial charge in [0.05, 0.1) is 0 Å². The summed E-state index contributed by atoms with van der Waals surface area (Å²) in [6.45, 7) is 8.29. The number of carbonyl (C=O) groups excluding carboxylic acids is 1. The lowest BCUT2D eigenvalue weighted by atomic mass is 10.1. The molecule has 0 radical (unpaired) electrons. The predicted octanol–water partition coefficient (Wildman–Crippen LogP) is 4.02. The maximum atomic E-state index is 11.6. The van der Waals surface area contributed by atoms with Gasteiger partial charge < -0.3 is 10.6 Å². The van der Waals surface area contributed by atoms with Crippen molar-refractivity contribution in [1.82, 2.24) is 10.6 Å². The van der Waals surface area contributed by atoms with Crippen LogP contribution in [0, 0.1) is 0 Å². The zero-order valence-corrected chi connectivity index (χ0v) is 14.0. The molecule has 0 bridgehead atoms. The van der Waals surface area contributed by atoms with Crippen LogP contribution in [0.3, 0.4) is 0 Å². The molecule has 0 unspecified atom stereocenters. The SMILES string of the molecule is CCCCCCCCCCNC(=O)CCCNC(C)C. The summed E-state index contributed by atoms with van der Waals surface area (Å²) in [4.78, 5) is 11.6. The van der Waals surface area contributed by atoms with Gasteiger partial charge in [0.25, 0.3) is 0 Å². The van der Waals surface area contributed by atoms with Gasteiger partial charge in [-0.3, -0.25) is 4.79 Å². The van der Waals surface area contributed by atoms with Crippen LogP contribution in [-0.4, -0.2) is 25.0 Å². The summed E-state index contributed by atoms with van der Waals surface area (Å²) in [5.74, 6) is 0.207. The third kappa shape index (κ3) is 15.5. The predicted molar refractivity (Wildman–Crippen MR) is 88.0 cm³/mol. The first-order valence-corrected chi connectivity index (χ1v) is 8.67. The maximum absolute atomic E-state index is 11.6. The van der Waals surface area contributed by atoms with Crippen molar-refractivity contribution >= 4 is 5.91 Å². The molecule has 0 saturated carbocycles. The Hall–Kier alpha value is -0.570. The van der Waals surface area contributed by atoms with Gasteiger partial charge in [-0.15, -0.1) is 0 Å². The summed E-state index contributed by atoms with van der Waals surface area (Å²) in [6, 6.07) is 0.510. The standard InChI is InChI=1S/C17H36N2O/c1-4-5-6-7-8-9-10-11-14-19-17(20)13-12-15-18-16(2)3/h16,18H,4-15H2,1-3H3,(H,19,20). The lowest BCUT2D eigenvalue weighted by molar-refractivity contribution is -0.121. The van der Waals surface area contributed by atoms with E-state index in [1.54, 1.807) is 0 Å². The zero-order chi connectivity index (χ0) is 15.1. The second-order valence-corrected chi connectivity index (χ2v) is 6.04. The number of unbranched alkanes of at least 4 members (excludes halogenated alkanes) is 7. The van der Waals surface area contributed by atoms with Gasteiger partial charge in [0, 0.05) is 19.0 Å². The Bertz CT molecular complexity index is 217. The molecule has 3 nitrogen and oxygen atoms in total. The number of amides is 1. The molecular formula is C17H36N2O. The molecular weight excluding hydrogens is 248 g/mol. The summed E-state index contributed by atoms with van der Waals surface area (Å²) in [5.41, 5.74) is 0. The number of rotatable bonds is 14. The van der Waals surface area contributed by atoms with Crippen LogP contribution < -0.4 is 10.6 Å². The van der Waals surface area contributed by atoms with E-state index < -0.39 is 0 Å². The van der Waals surface area contributed by atoms with E-state index in [1.807, 2.05) is 0 Å². The van der Waals surface area contributed by atoms with E-state index in [0.717, 1.165) is 25.9 Å². The minimum atomic E-state index is 0.207. The van der Waals surface area contributed by atoms with E-state index in [0.29, 0.717) is 12.5 Å². The van der Waals surface area contributed by atoms with E-state index in [4.69, 9.17) is 0 Å². The second kappa shape index (κ2) is 14.8. The fraction of sp³-hybridized carbons (Fsp3) is 0.941. The molecule has 0 aliphatic carbocycles. The van der Waals surface area contributed by atoms with Crippen molar-refractivity contribution in [2.75, 3.05) is 13.1 Å². The highest BCUT2D eigenvalue weighted by Crippen LogP contribution is 2.07. The summed E-state index contributed by atoms with van der Waals surface area (Å²) < 4.78 is 0. The van der Waals surface area contributed by atoms with E-state index in [-0.39, 0.29) is 5.91 Å². The fourth-order valence-electron chi connectivity index (χ4n) is 2.21. The van der Waals surface area contributed by atoms with E-state index in [1.165, 1.54) is 44.9 Å². The number of hydrogen-bond donors (Lipinski definition) is 2. The molecule has 0 heterocycles. The van der Waals surface area contributed by atoms with Gasteiger partial charge in [-0.05, 0) is 19.4 Å². The molecule has 2 N–H and O–H groups in total. The third-order valence-electron chi connectivity index (χ3n) is 3.49. The molecule has 0 aromatic heterocycles. The van der Waals surface area contributed by atoms with Crippen molar-refractivity contribution in [1.29, 1.82) is 0 Å². The van der Waals surface area contributed by atoms with Crippen LogP contribution in [0.25, 0.3) is 0 Å². The van der Waals surface area contributed by atoms with Gasteiger partial charge in [-0.25, -0.2) is 0 Å². The Labute approximate surface area is 126 Å². The highest BCUT2D eigenvalue weighted by Gasteiger charge is 2.00. The quantitative estimate of drug-likeness (QED) is 0.473. The first-order valence-electron chi connectivity index (χ1n) is 8.67. The summed E-state index contributed by atoms with van der Waals surface area (Å²) in [5, 5.41) is 6.34. The Balaban J connectivity index is 3.15. The van der Waals surface area contributed by atoms with Crippen molar-refractivity contribution < 1.29 is 4.79 Å². The van der Waals surface area contributed by atoms with E-state index in [2.05, 4.69) is 31.4 Å². The molecule has 0 aromatic rings. The minimum Gasteiger partial charge on any atom is -0.356 e. The Morgan fingerprint density at radius 1 is 0.850 bits per heavy atom. The average Bonchev–Trinajstić information content (AvgIpc) is 2.41. The molecule has 20 heavy (non-hydrogen) atoms. The van der Waals surface area contributed by atoms with Gasteiger partial charge >= 0.3 is 0 Å². The fourth-order valence-corrected chi connectivity index (χ4v) is 2.21. The Kier molecular flexibility index (Phi) is 14.4. The van der Waals surface area contributed by atoms with Crippen molar-refractivity contribution in [3.63, 3.8) is 0 Å². The van der Waals surface area contributed by atoms with E-state index in [9.17, 15) is 4.79 Å². The van der Waals surface area contributed by atoms with Crippen molar-refractivity contribution in [3.05, 3.63) is 0 Å². The van der Waals surface area contributed by atoms with Crippen molar-refractivity contribution in [3.8, 4) is 0 Å². The third-order valence-corrected chi connectivity index (χ3v) is 3.49. The van der Waals surface area contributed by atoms with Crippen LogP contribution in [0.1, 0.15) is 85.0 Å². The van der Waals surface area contributed by atoms with Crippen molar-refractivity contribution in [2.45, 2.75) is 91.0 Å². The van der Waals surface area contributed by atoms with Crippen LogP contribution in [0.5, 0.6) is 0 Å². The van der Waals surface area contributed by atoms with Crippen molar-refractivity contribution in [2.24, 2.45) is 0 Å². The molecule has 3 heteroatoms. The Morgan fingerprint density at radius 2 is 1.45 bits per heavy atom. The lowest BCUT2D eigenvalue weighted by Crippen LogP contribution is -2.27. The van der Waals surface area contributed by atoms with Crippen LogP contribution >= 0.6 is 0 Å². The molecule has 0 rings (SSSR count). The van der Waals surface area contributed by atoms with E-state index >= 15 is 0 Å². The highest BCUT2D eigenvalue weighted by atomic mass is 16.1. The van der Waals surface area contributed by atoms with Crippen LogP contribution in [0.2, 0.25) is 0 Å². The molecule has 0 atom stereocenters. The molecule has 0 fully saturated rings. The minimum absolute atomic E-state index is 0.207. The molecule has 120 valence electrons. The topological polar surface area (TPSA) is 41.1 Å². The van der Waals surface area contributed by atoms with Gasteiger partial charge in [-0.1, -0.05) is 65.7 Å². The van der Waals surface area contributed by atoms with Gasteiger partial charge in [0.2, 0.25) is 5.91 Å².